The van der Waals surface area contributed by atoms with E-state index in [4.69, 9.17) is 5.73 Å². The quantitative estimate of drug-likeness (QED) is 0.909. The summed E-state index contributed by atoms with van der Waals surface area (Å²) < 4.78 is 0. The molecule has 20 heavy (non-hydrogen) atoms. The molecule has 0 unspecified atom stereocenters. The second kappa shape index (κ2) is 5.25. The van der Waals surface area contributed by atoms with Crippen LogP contribution >= 0.6 is 0 Å². The van der Waals surface area contributed by atoms with E-state index in [0.717, 1.165) is 48.6 Å². The van der Waals surface area contributed by atoms with E-state index in [1.807, 2.05) is 13.1 Å². The minimum absolute atomic E-state index is 0.880. The van der Waals surface area contributed by atoms with E-state index in [-0.39, 0.29) is 0 Å². The lowest BCUT2D eigenvalue weighted by molar-refractivity contribution is 0.242. The van der Waals surface area contributed by atoms with Crippen molar-refractivity contribution in [2.75, 3.05) is 12.3 Å². The number of fused-ring (bicyclic) bond motifs is 1. The van der Waals surface area contributed by atoms with E-state index < -0.39 is 0 Å². The maximum absolute atomic E-state index is 6.11. The number of pyridine rings is 1. The molecule has 0 radical (unpaired) electrons. The lowest BCUT2D eigenvalue weighted by atomic mass is 9.99. The first kappa shape index (κ1) is 13.1. The molecule has 0 saturated carbocycles. The molecule has 0 amide bonds. The first-order valence-corrected chi connectivity index (χ1v) is 7.15. The molecule has 1 aliphatic rings. The van der Waals surface area contributed by atoms with Crippen LogP contribution in [0.4, 0.5) is 5.69 Å². The van der Waals surface area contributed by atoms with Crippen molar-refractivity contribution in [3.05, 3.63) is 58.4 Å². The number of rotatable bonds is 2. The summed E-state index contributed by atoms with van der Waals surface area (Å²) in [7, 11) is 0. The molecule has 0 aliphatic carbocycles. The molecule has 1 aromatic heterocycles. The first-order valence-electron chi connectivity index (χ1n) is 7.15. The van der Waals surface area contributed by atoms with Gasteiger partial charge in [-0.3, -0.25) is 9.88 Å². The third-order valence-corrected chi connectivity index (χ3v) is 4.26. The van der Waals surface area contributed by atoms with Crippen molar-refractivity contribution in [1.29, 1.82) is 0 Å². The predicted molar refractivity (Wildman–Crippen MR) is 82.4 cm³/mol. The van der Waals surface area contributed by atoms with E-state index in [1.165, 1.54) is 11.1 Å². The molecule has 0 spiro atoms. The molecule has 104 valence electrons. The van der Waals surface area contributed by atoms with Crippen molar-refractivity contribution >= 4 is 5.69 Å². The Morgan fingerprint density at radius 3 is 2.75 bits per heavy atom. The molecular formula is C17H21N3. The fraction of sp³-hybridized carbons (Fsp3) is 0.353. The summed E-state index contributed by atoms with van der Waals surface area (Å²) in [5.74, 6) is 0. The minimum atomic E-state index is 0.880. The molecule has 3 rings (SSSR count). The van der Waals surface area contributed by atoms with E-state index in [2.05, 4.69) is 41.1 Å². The highest BCUT2D eigenvalue weighted by Gasteiger charge is 2.17. The van der Waals surface area contributed by atoms with Crippen molar-refractivity contribution in [2.24, 2.45) is 0 Å². The molecule has 3 nitrogen and oxygen atoms in total. The van der Waals surface area contributed by atoms with E-state index in [0.29, 0.717) is 0 Å². The molecule has 2 N–H and O–H groups in total. The summed E-state index contributed by atoms with van der Waals surface area (Å²) in [6, 6.07) is 8.71. The third kappa shape index (κ3) is 2.41. The van der Waals surface area contributed by atoms with Gasteiger partial charge in [0.25, 0.3) is 0 Å². The second-order valence-corrected chi connectivity index (χ2v) is 5.66. The van der Waals surface area contributed by atoms with E-state index in [1.54, 1.807) is 0 Å². The van der Waals surface area contributed by atoms with Gasteiger partial charge in [-0.15, -0.1) is 0 Å². The average Bonchev–Trinajstić information content (AvgIpc) is 2.48. The molecule has 1 aliphatic heterocycles. The smallest absolute Gasteiger partial charge is 0.0593 e. The molecule has 2 heterocycles. The number of hydrogen-bond acceptors (Lipinski definition) is 3. The normalized spacial score (nSPS) is 15.1. The minimum Gasteiger partial charge on any atom is -0.398 e. The van der Waals surface area contributed by atoms with Gasteiger partial charge in [-0.05, 0) is 42.5 Å². The summed E-state index contributed by atoms with van der Waals surface area (Å²) >= 11 is 0. The molecular weight excluding hydrogens is 246 g/mol. The zero-order valence-corrected chi connectivity index (χ0v) is 12.2. The number of nitrogens with two attached hydrogens (primary N) is 1. The maximum Gasteiger partial charge on any atom is 0.0593 e. The van der Waals surface area contributed by atoms with Gasteiger partial charge >= 0.3 is 0 Å². The Bertz CT molecular complexity index is 634. The average molecular weight is 267 g/mol. The predicted octanol–water partition coefficient (Wildman–Crippen LogP) is 2.84. The third-order valence-electron chi connectivity index (χ3n) is 4.26. The molecule has 0 saturated heterocycles. The van der Waals surface area contributed by atoms with E-state index >= 15 is 0 Å². The van der Waals surface area contributed by atoms with Crippen LogP contribution in [0.15, 0.2) is 30.5 Å². The Labute approximate surface area is 120 Å². The van der Waals surface area contributed by atoms with Crippen LogP contribution < -0.4 is 5.73 Å². The number of hydrogen-bond donors (Lipinski definition) is 1. The van der Waals surface area contributed by atoms with Gasteiger partial charge in [-0.1, -0.05) is 24.3 Å². The van der Waals surface area contributed by atoms with Gasteiger partial charge in [0.15, 0.2) is 0 Å². The molecule has 1 aromatic carbocycles. The van der Waals surface area contributed by atoms with Crippen LogP contribution in [0, 0.1) is 13.8 Å². The Balaban J connectivity index is 1.79. The lowest BCUT2D eigenvalue weighted by Crippen LogP contribution is -2.30. The highest BCUT2D eigenvalue weighted by atomic mass is 15.1. The van der Waals surface area contributed by atoms with Crippen LogP contribution in [0.1, 0.15) is 27.9 Å². The van der Waals surface area contributed by atoms with Gasteiger partial charge in [0.2, 0.25) is 0 Å². The van der Waals surface area contributed by atoms with Crippen LogP contribution in [0.2, 0.25) is 0 Å². The number of anilines is 1. The van der Waals surface area contributed by atoms with Gasteiger partial charge in [-0.25, -0.2) is 0 Å². The van der Waals surface area contributed by atoms with Crippen LogP contribution in [0.25, 0.3) is 0 Å². The van der Waals surface area contributed by atoms with Crippen LogP contribution in [-0.2, 0) is 19.5 Å². The first-order chi connectivity index (χ1) is 9.65. The van der Waals surface area contributed by atoms with Gasteiger partial charge < -0.3 is 5.73 Å². The van der Waals surface area contributed by atoms with Crippen molar-refractivity contribution in [2.45, 2.75) is 33.4 Å². The topological polar surface area (TPSA) is 42.2 Å². The Morgan fingerprint density at radius 1 is 1.20 bits per heavy atom. The Hall–Kier alpha value is -1.87. The van der Waals surface area contributed by atoms with Crippen molar-refractivity contribution in [3.63, 3.8) is 0 Å². The van der Waals surface area contributed by atoms with Crippen LogP contribution in [-0.4, -0.2) is 16.4 Å². The zero-order chi connectivity index (χ0) is 14.1. The maximum atomic E-state index is 6.11. The molecule has 2 aromatic rings. The summed E-state index contributed by atoms with van der Waals surface area (Å²) in [4.78, 5) is 7.02. The number of nitrogen functional groups attached to an aromatic ring is 1. The van der Waals surface area contributed by atoms with E-state index in [9.17, 15) is 0 Å². The summed E-state index contributed by atoms with van der Waals surface area (Å²) in [5.41, 5.74) is 13.2. The van der Waals surface area contributed by atoms with Gasteiger partial charge in [-0.2, -0.15) is 0 Å². The second-order valence-electron chi connectivity index (χ2n) is 5.66. The standard InChI is InChI=1S/C17H21N3/c1-12-9-19-16(13(2)17(12)18)11-20-8-7-14-5-3-4-6-15(14)10-20/h3-6,9H,7-8,10-11H2,1-2H3,(H2,18,19). The molecule has 0 fully saturated rings. The monoisotopic (exact) mass is 267 g/mol. The number of aromatic nitrogens is 1. The van der Waals surface area contributed by atoms with Gasteiger partial charge in [0.1, 0.15) is 0 Å². The zero-order valence-electron chi connectivity index (χ0n) is 12.2. The SMILES string of the molecule is Cc1cnc(CN2CCc3ccccc3C2)c(C)c1N. The summed E-state index contributed by atoms with van der Waals surface area (Å²) in [6.45, 7) is 7.06. The Morgan fingerprint density at radius 2 is 1.95 bits per heavy atom. The number of aryl methyl sites for hydroxylation is 1. The fourth-order valence-electron chi connectivity index (χ4n) is 2.85. The van der Waals surface area contributed by atoms with Crippen molar-refractivity contribution < 1.29 is 0 Å². The molecule has 3 heteroatoms. The highest BCUT2D eigenvalue weighted by Crippen LogP contribution is 2.23. The number of nitrogens with zero attached hydrogens (tertiary/aromatic N) is 2. The summed E-state index contributed by atoms with van der Waals surface area (Å²) in [6.07, 6.45) is 3.01. The lowest BCUT2D eigenvalue weighted by Gasteiger charge is -2.29. The Kier molecular flexibility index (Phi) is 3.45. The molecule has 0 bridgehead atoms. The van der Waals surface area contributed by atoms with Crippen LogP contribution in [0.3, 0.4) is 0 Å². The highest BCUT2D eigenvalue weighted by molar-refractivity contribution is 5.53. The largest absolute Gasteiger partial charge is 0.398 e. The van der Waals surface area contributed by atoms with Crippen LogP contribution in [0.5, 0.6) is 0 Å². The molecule has 0 atom stereocenters. The van der Waals surface area contributed by atoms with Crippen molar-refractivity contribution in [1.82, 2.24) is 9.88 Å². The van der Waals surface area contributed by atoms with Crippen molar-refractivity contribution in [3.8, 4) is 0 Å². The van der Waals surface area contributed by atoms with Gasteiger partial charge in [0, 0.05) is 31.5 Å². The van der Waals surface area contributed by atoms with Gasteiger partial charge in [0.05, 0.1) is 5.69 Å². The fourth-order valence-corrected chi connectivity index (χ4v) is 2.85. The number of benzene rings is 1. The summed E-state index contributed by atoms with van der Waals surface area (Å²) in [5, 5.41) is 0.